The molecular formula is C3H7O2-. The van der Waals surface area contributed by atoms with Gasteiger partial charge in [0.05, 0.1) is 0 Å². The molecule has 32 valence electrons. The smallest absolute Gasteiger partial charge is 0.0275 e. The van der Waals surface area contributed by atoms with Crippen molar-refractivity contribution in [1.82, 2.24) is 0 Å². The van der Waals surface area contributed by atoms with Crippen LogP contribution >= 0.6 is 0 Å². The van der Waals surface area contributed by atoms with Gasteiger partial charge < -0.3 is 9.90 Å². The highest BCUT2D eigenvalue weighted by atomic mass is 16.3. The van der Waals surface area contributed by atoms with Crippen LogP contribution in [0.4, 0.5) is 0 Å². The van der Waals surface area contributed by atoms with E-state index in [0.717, 1.165) is 0 Å². The Bertz CT molecular complexity index is 12.4. The molecule has 2 nitrogen and oxygen atoms in total. The van der Waals surface area contributed by atoms with Gasteiger partial charge in [-0.2, -0.15) is 0 Å². The Balaban J connectivity index is 0. The predicted octanol–water partition coefficient (Wildman–Crippen LogP) is -0.608. The zero-order chi connectivity index (χ0) is 4.71. The van der Waals surface area contributed by atoms with Gasteiger partial charge in [-0.15, -0.1) is 0 Å². The Morgan fingerprint density at radius 3 is 1.60 bits per heavy atom. The molecule has 0 atom stereocenters. The summed E-state index contributed by atoms with van der Waals surface area (Å²) in [7, 11) is 0. The van der Waals surface area contributed by atoms with Crippen LogP contribution in [0.2, 0.25) is 0 Å². The predicted molar refractivity (Wildman–Crippen MR) is 17.4 cm³/mol. The van der Waals surface area contributed by atoms with Crippen molar-refractivity contribution < 1.29 is 9.90 Å². The molecule has 0 spiro atoms. The molecule has 2 heteroatoms. The third kappa shape index (κ3) is 26.7. The highest BCUT2D eigenvalue weighted by Crippen LogP contribution is 1.14. The molecule has 0 amide bonds. The Morgan fingerprint density at radius 1 is 1.60 bits per heavy atom. The molecule has 0 aromatic carbocycles. The first-order chi connectivity index (χ1) is 2.41. The molecule has 0 aliphatic carbocycles. The maximum atomic E-state index is 8.25. The van der Waals surface area contributed by atoms with Crippen molar-refractivity contribution in [3.8, 4) is 0 Å². The largest absolute Gasteiger partial charge is 0.554 e. The van der Waals surface area contributed by atoms with E-state index in [-0.39, 0.29) is 0 Å². The molecule has 0 N–H and O–H groups in total. The number of hydrogen-bond donors (Lipinski definition) is 0. The molecule has 0 aromatic rings. The summed E-state index contributed by atoms with van der Waals surface area (Å²) >= 11 is 0. The lowest BCUT2D eigenvalue weighted by Crippen LogP contribution is -2.01. The number of carbonyl (C=O) groups is 1. The maximum Gasteiger partial charge on any atom is 0.0275 e. The third-order valence-electron chi connectivity index (χ3n) is 0. The van der Waals surface area contributed by atoms with Gasteiger partial charge in [0.1, 0.15) is 0 Å². The van der Waals surface area contributed by atoms with Crippen LogP contribution in [0, 0.1) is 0 Å². The monoisotopic (exact) mass is 75.0 g/mol. The van der Waals surface area contributed by atoms with E-state index in [9.17, 15) is 0 Å². The summed E-state index contributed by atoms with van der Waals surface area (Å²) in [6, 6.07) is 0. The Labute approximate surface area is 31.4 Å². The Kier molecular flexibility index (Phi) is 169. The molecule has 0 saturated carbocycles. The molecule has 0 unspecified atom stereocenters. The van der Waals surface area contributed by atoms with Crippen molar-refractivity contribution in [3.05, 3.63) is 0 Å². The molecule has 0 fully saturated rings. The first-order valence-corrected chi connectivity index (χ1v) is 1.47. The number of hydrogen-bond acceptors (Lipinski definition) is 2. The van der Waals surface area contributed by atoms with Gasteiger partial charge >= 0.3 is 0 Å². The van der Waals surface area contributed by atoms with Crippen molar-refractivity contribution in [2.45, 2.75) is 13.8 Å². The third-order valence-corrected chi connectivity index (χ3v) is 0. The van der Waals surface area contributed by atoms with Gasteiger partial charge in [0, 0.05) is 6.47 Å². The van der Waals surface area contributed by atoms with Gasteiger partial charge in [0.15, 0.2) is 0 Å². The van der Waals surface area contributed by atoms with E-state index in [0.29, 0.717) is 0 Å². The van der Waals surface area contributed by atoms with Crippen LogP contribution in [0.15, 0.2) is 0 Å². The van der Waals surface area contributed by atoms with Gasteiger partial charge in [-0.3, -0.25) is 0 Å². The second-order valence-corrected chi connectivity index (χ2v) is 0.0962. The molecule has 0 heterocycles. The minimum atomic E-state index is -0.500. The van der Waals surface area contributed by atoms with E-state index in [2.05, 4.69) is 0 Å². The average molecular weight is 75.1 g/mol. The molecule has 0 radical (unpaired) electrons. The summed E-state index contributed by atoms with van der Waals surface area (Å²) in [5.41, 5.74) is 0. The Hall–Kier alpha value is -0.530. The summed E-state index contributed by atoms with van der Waals surface area (Å²) in [5.74, 6) is 0. The zero-order valence-corrected chi connectivity index (χ0v) is 3.39. The number of rotatable bonds is 0. The first-order valence-electron chi connectivity index (χ1n) is 1.47. The van der Waals surface area contributed by atoms with E-state index < -0.39 is 6.47 Å². The second-order valence-electron chi connectivity index (χ2n) is 0.0962. The van der Waals surface area contributed by atoms with Crippen LogP contribution in [-0.2, 0) is 4.79 Å². The first kappa shape index (κ1) is 8.82. The average Bonchev–Trinajstić information content (AvgIpc) is 1.46. The number of carbonyl (C=O) groups excluding carboxylic acids is 1. The molecule has 0 aliphatic heterocycles. The van der Waals surface area contributed by atoms with E-state index in [1.807, 2.05) is 13.8 Å². The molecule has 0 aromatic heterocycles. The molecule has 0 bridgehead atoms. The highest BCUT2D eigenvalue weighted by molar-refractivity contribution is 5.29. The van der Waals surface area contributed by atoms with Crippen molar-refractivity contribution in [3.63, 3.8) is 0 Å². The van der Waals surface area contributed by atoms with Crippen LogP contribution in [0.5, 0.6) is 0 Å². The van der Waals surface area contributed by atoms with Gasteiger partial charge in [0.2, 0.25) is 0 Å². The van der Waals surface area contributed by atoms with Crippen LogP contribution in [-0.4, -0.2) is 6.47 Å². The lowest BCUT2D eigenvalue weighted by atomic mass is 11.0. The summed E-state index contributed by atoms with van der Waals surface area (Å²) in [4.78, 5) is 8.25. The quantitative estimate of drug-likeness (QED) is 0.360. The van der Waals surface area contributed by atoms with Crippen LogP contribution < -0.4 is 5.11 Å². The van der Waals surface area contributed by atoms with Gasteiger partial charge in [-0.25, -0.2) is 0 Å². The Morgan fingerprint density at radius 2 is 1.60 bits per heavy atom. The zero-order valence-electron chi connectivity index (χ0n) is 3.39. The van der Waals surface area contributed by atoms with Gasteiger partial charge in [-0.05, 0) is 0 Å². The van der Waals surface area contributed by atoms with Crippen LogP contribution in [0.1, 0.15) is 13.8 Å². The number of carboxylic acid groups (broad SMARTS) is 1. The van der Waals surface area contributed by atoms with E-state index in [1.54, 1.807) is 0 Å². The molecule has 5 heavy (non-hydrogen) atoms. The fourth-order valence-corrected chi connectivity index (χ4v) is 0. The van der Waals surface area contributed by atoms with E-state index in [1.165, 1.54) is 0 Å². The minimum absolute atomic E-state index is 0.500. The van der Waals surface area contributed by atoms with Crippen molar-refractivity contribution in [2.24, 2.45) is 0 Å². The lowest BCUT2D eigenvalue weighted by molar-refractivity contribution is -0.283. The van der Waals surface area contributed by atoms with Gasteiger partial charge in [-0.1, -0.05) is 13.8 Å². The molecule has 0 rings (SSSR count). The summed E-state index contributed by atoms with van der Waals surface area (Å²) in [6.45, 7) is 3.50. The van der Waals surface area contributed by atoms with Crippen molar-refractivity contribution >= 4 is 6.47 Å². The van der Waals surface area contributed by atoms with E-state index in [4.69, 9.17) is 9.90 Å². The standard InChI is InChI=1S/C2H6.CH2O2/c1-2;2-1-3/h1-2H3;1H,(H,2,3)/p-1. The van der Waals surface area contributed by atoms with Crippen molar-refractivity contribution in [1.29, 1.82) is 0 Å². The van der Waals surface area contributed by atoms with Gasteiger partial charge in [0.25, 0.3) is 0 Å². The SMILES string of the molecule is CC.O=C[O-]. The highest BCUT2D eigenvalue weighted by Gasteiger charge is 0.996. The molecular weight excluding hydrogens is 68.0 g/mol. The summed E-state index contributed by atoms with van der Waals surface area (Å²) in [5, 5.41) is 8.25. The van der Waals surface area contributed by atoms with E-state index >= 15 is 0 Å². The normalized spacial score (nSPS) is 3.60. The summed E-state index contributed by atoms with van der Waals surface area (Å²) < 4.78 is 0. The topological polar surface area (TPSA) is 40.1 Å². The fourth-order valence-electron chi connectivity index (χ4n) is 0. The maximum absolute atomic E-state index is 8.25. The van der Waals surface area contributed by atoms with Crippen molar-refractivity contribution in [2.75, 3.05) is 0 Å². The molecule has 0 saturated heterocycles. The fraction of sp³-hybridized carbons (Fsp3) is 0.667. The lowest BCUT2D eigenvalue weighted by Gasteiger charge is -1.52. The molecule has 0 aliphatic rings. The van der Waals surface area contributed by atoms with Crippen LogP contribution in [0.3, 0.4) is 0 Å². The summed E-state index contributed by atoms with van der Waals surface area (Å²) in [6.07, 6.45) is 0. The second kappa shape index (κ2) is 95.8. The minimum Gasteiger partial charge on any atom is -0.554 e. The van der Waals surface area contributed by atoms with Crippen LogP contribution in [0.25, 0.3) is 0 Å².